The Labute approximate surface area is 379 Å². The molecule has 68 heavy (non-hydrogen) atoms. The Bertz CT molecular complexity index is 2170. The summed E-state index contributed by atoms with van der Waals surface area (Å²) in [7, 11) is 0. The smallest absolute Gasteiger partial charge is 0.389 e. The van der Waals surface area contributed by atoms with Crippen LogP contribution in [0.1, 0.15) is 95.9 Å². The molecule has 0 heterocycles. The zero-order valence-electron chi connectivity index (χ0n) is 35.7. The van der Waals surface area contributed by atoms with Crippen LogP contribution in [-0.2, 0) is 25.7 Å². The fraction of sp³-hybridized carbons (Fsp3) is 0.455. The summed E-state index contributed by atoms with van der Waals surface area (Å²) in [6, 6.07) is 10.2. The molecule has 1 aliphatic carbocycles. The van der Waals surface area contributed by atoms with Crippen LogP contribution < -0.4 is 18.9 Å². The molecule has 5 rings (SSSR count). The largest absolute Gasteiger partial charge is 0.493 e. The first kappa shape index (κ1) is 51.9. The predicted molar refractivity (Wildman–Crippen MR) is 219 cm³/mol. The van der Waals surface area contributed by atoms with Crippen molar-refractivity contribution in [3.05, 3.63) is 113 Å². The van der Waals surface area contributed by atoms with Gasteiger partial charge in [0.15, 0.2) is 19.9 Å². The van der Waals surface area contributed by atoms with Gasteiger partial charge in [-0.25, -0.2) is 0 Å². The molecule has 24 heteroatoms. The van der Waals surface area contributed by atoms with Gasteiger partial charge in [0.25, 0.3) is 0 Å². The number of fused-ring (bicyclic) bond motifs is 8. The van der Waals surface area contributed by atoms with Gasteiger partial charge in [-0.15, -0.1) is 0 Å². The van der Waals surface area contributed by atoms with Crippen molar-refractivity contribution in [3.8, 4) is 23.0 Å². The minimum atomic E-state index is -4.58. The van der Waals surface area contributed by atoms with Crippen LogP contribution >= 0.6 is 0 Å². The van der Waals surface area contributed by atoms with Gasteiger partial charge in [-0.2, -0.15) is 52.7 Å². The molecule has 0 spiro atoms. The molecule has 1 aliphatic rings. The summed E-state index contributed by atoms with van der Waals surface area (Å²) in [5, 5.41) is 40.4. The van der Waals surface area contributed by atoms with Gasteiger partial charge in [-0.1, -0.05) is 0 Å². The average Bonchev–Trinajstić information content (AvgIpc) is 3.24. The van der Waals surface area contributed by atoms with E-state index in [9.17, 15) is 74.3 Å². The molecule has 0 amide bonds. The molecule has 0 radical (unpaired) electrons. The number of hydrogen-bond acceptors (Lipinski definition) is 8. The summed E-state index contributed by atoms with van der Waals surface area (Å²) >= 11 is 0. The van der Waals surface area contributed by atoms with Gasteiger partial charge < -0.3 is 18.9 Å². The lowest BCUT2D eigenvalue weighted by Gasteiger charge is -2.22. The van der Waals surface area contributed by atoms with Crippen molar-refractivity contribution in [2.24, 2.45) is 0 Å². The number of ether oxygens (including phenoxy) is 4. The standard InChI is InChI=1S/C44H40F12N8O4/c45-41(46,47)5-1-9-65-37-25-13-27-19-34(62-58)21-29(38(27)66-10-2-6-42(48,49)50)15-31-23-36(64-60)24-32(40(31)68-12-4-8-44(54,55)56)16-30-22-35(63-59)20-28(14-26(37)18-33(17-25)61-57)39(30)67-11-3-7-43(51,52)53/h17-24H,1-16H2/q+4. The van der Waals surface area contributed by atoms with E-state index in [2.05, 4.69) is 19.9 Å². The quantitative estimate of drug-likeness (QED) is 0.0539. The highest BCUT2D eigenvalue weighted by Gasteiger charge is 2.33. The Balaban J connectivity index is 1.84. The lowest BCUT2D eigenvalue weighted by atomic mass is 9.90. The van der Waals surface area contributed by atoms with Crippen molar-refractivity contribution in [3.63, 3.8) is 0 Å². The van der Waals surface area contributed by atoms with E-state index in [0.29, 0.717) is 0 Å². The number of halogens is 12. The molecule has 0 saturated carbocycles. The fourth-order valence-corrected chi connectivity index (χ4v) is 7.58. The van der Waals surface area contributed by atoms with Crippen LogP contribution in [0.3, 0.4) is 0 Å². The lowest BCUT2D eigenvalue weighted by molar-refractivity contribution is -0.137. The second-order valence-electron chi connectivity index (χ2n) is 15.7. The van der Waals surface area contributed by atoms with Gasteiger partial charge in [0, 0.05) is 144 Å². The summed E-state index contributed by atoms with van der Waals surface area (Å²) in [4.78, 5) is 13.2. The van der Waals surface area contributed by atoms with Gasteiger partial charge in [0.1, 0.15) is 23.0 Å². The van der Waals surface area contributed by atoms with Crippen molar-refractivity contribution >= 4 is 22.7 Å². The number of alkyl halides is 12. The molecule has 0 fully saturated rings. The Hall–Kier alpha value is -7.08. The van der Waals surface area contributed by atoms with E-state index in [1.54, 1.807) is 0 Å². The first-order chi connectivity index (χ1) is 32.0. The van der Waals surface area contributed by atoms with Gasteiger partial charge >= 0.3 is 47.5 Å². The molecule has 0 aliphatic heterocycles. The summed E-state index contributed by atoms with van der Waals surface area (Å²) < 4.78 is 184. The third-order valence-electron chi connectivity index (χ3n) is 10.3. The molecule has 0 atom stereocenters. The molecular weight excluding hydrogens is 933 g/mol. The number of benzene rings is 4. The second-order valence-corrected chi connectivity index (χ2v) is 15.7. The Morgan fingerprint density at radius 3 is 0.618 bits per heavy atom. The van der Waals surface area contributed by atoms with E-state index in [0.717, 1.165) is 0 Å². The van der Waals surface area contributed by atoms with E-state index < -0.39 is 102 Å². The predicted octanol–water partition coefficient (Wildman–Crippen LogP) is 15.2. The third kappa shape index (κ3) is 15.5. The van der Waals surface area contributed by atoms with Crippen LogP contribution in [0.25, 0.3) is 19.9 Å². The van der Waals surface area contributed by atoms with Crippen molar-refractivity contribution in [1.29, 1.82) is 21.6 Å². The summed E-state index contributed by atoms with van der Waals surface area (Å²) in [5.74, 6) is -0.417. The normalized spacial score (nSPS) is 12.8. The van der Waals surface area contributed by atoms with Crippen LogP contribution in [0.15, 0.2) is 48.5 Å². The van der Waals surface area contributed by atoms with Gasteiger partial charge in [0.2, 0.25) is 21.6 Å². The highest BCUT2D eigenvalue weighted by atomic mass is 19.4. The molecular formula is C44H40F12N8O4+4. The fourth-order valence-electron chi connectivity index (χ4n) is 7.58. The second kappa shape index (κ2) is 22.1. The van der Waals surface area contributed by atoms with Crippen LogP contribution in [-0.4, -0.2) is 51.1 Å². The van der Waals surface area contributed by atoms with Crippen LogP contribution in [0.5, 0.6) is 23.0 Å². The van der Waals surface area contributed by atoms with E-state index in [1.165, 1.54) is 48.5 Å². The number of nitrogens with zero attached hydrogens (tertiary/aromatic N) is 8. The zero-order chi connectivity index (χ0) is 49.9. The lowest BCUT2D eigenvalue weighted by Crippen LogP contribution is -2.13. The molecule has 8 bridgehead atoms. The molecule has 0 aromatic heterocycles. The maximum atomic E-state index is 13.3. The zero-order valence-corrected chi connectivity index (χ0v) is 35.7. The molecule has 4 aromatic carbocycles. The van der Waals surface area contributed by atoms with Crippen molar-refractivity contribution < 1.29 is 71.6 Å². The summed E-state index contributed by atoms with van der Waals surface area (Å²) in [6.07, 6.45) is -27.1. The van der Waals surface area contributed by atoms with Crippen LogP contribution in [0.4, 0.5) is 75.4 Å². The van der Waals surface area contributed by atoms with Gasteiger partial charge in [-0.3, -0.25) is 0 Å². The van der Waals surface area contributed by atoms with E-state index in [1.807, 2.05) is 0 Å². The minimum Gasteiger partial charge on any atom is -0.493 e. The van der Waals surface area contributed by atoms with E-state index in [4.69, 9.17) is 18.9 Å². The maximum Gasteiger partial charge on any atom is 0.389 e. The summed E-state index contributed by atoms with van der Waals surface area (Å²) in [6.45, 7) is -2.21. The summed E-state index contributed by atoms with van der Waals surface area (Å²) in [5.41, 5.74) is -0.0552. The molecule has 0 unspecified atom stereocenters. The van der Waals surface area contributed by atoms with Crippen LogP contribution in [0, 0.1) is 21.6 Å². The molecule has 0 saturated heterocycles. The highest BCUT2D eigenvalue weighted by molar-refractivity contribution is 5.66. The maximum absolute atomic E-state index is 13.3. The highest BCUT2D eigenvalue weighted by Crippen LogP contribution is 2.44. The van der Waals surface area contributed by atoms with Crippen molar-refractivity contribution in [2.75, 3.05) is 26.4 Å². The van der Waals surface area contributed by atoms with Gasteiger partial charge in [-0.05, 0) is 25.7 Å². The number of diazo groups is 4. The van der Waals surface area contributed by atoms with Gasteiger partial charge in [0.05, 0.1) is 26.4 Å². The van der Waals surface area contributed by atoms with Crippen molar-refractivity contribution in [2.45, 2.75) is 102 Å². The topological polar surface area (TPSA) is 150 Å². The first-order valence-corrected chi connectivity index (χ1v) is 20.8. The third-order valence-corrected chi connectivity index (χ3v) is 10.3. The number of rotatable bonds is 16. The molecule has 12 nitrogen and oxygen atoms in total. The minimum absolute atomic E-state index is 0.0727. The number of hydrogen-bond donors (Lipinski definition) is 0. The Morgan fingerprint density at radius 2 is 0.485 bits per heavy atom. The average molecular weight is 973 g/mol. The Kier molecular flexibility index (Phi) is 16.9. The molecule has 360 valence electrons. The van der Waals surface area contributed by atoms with Crippen molar-refractivity contribution in [1.82, 2.24) is 0 Å². The monoisotopic (exact) mass is 972 g/mol. The van der Waals surface area contributed by atoms with Crippen LogP contribution in [0.2, 0.25) is 0 Å². The molecule has 4 aromatic rings. The van der Waals surface area contributed by atoms with E-state index >= 15 is 0 Å². The Morgan fingerprint density at radius 1 is 0.324 bits per heavy atom. The SMILES string of the molecule is N#[N+]c1cc2c(OCCCC(F)(F)F)c(c1)Cc1cc([N+]#N)cc(c1OCCCC(F)(F)F)Cc1cc([N+]#N)cc(c1OCCCC(F)(F)F)Cc1cc([N+]#N)cc(c1OCCCC(F)(F)F)C2. The molecule has 0 N–H and O–H groups in total. The first-order valence-electron chi connectivity index (χ1n) is 20.8. The van der Waals surface area contributed by atoms with E-state index in [-0.39, 0.29) is 116 Å².